The van der Waals surface area contributed by atoms with Crippen molar-refractivity contribution < 1.29 is 4.42 Å². The Bertz CT molecular complexity index is 3330. The average Bonchev–Trinajstić information content (AvgIpc) is 3.88. The smallest absolute Gasteiger partial charge is 0.143 e. The zero-order valence-corrected chi connectivity index (χ0v) is 33.4. The Morgan fingerprint density at radius 3 is 2.05 bits per heavy atom. The van der Waals surface area contributed by atoms with E-state index in [0.717, 1.165) is 55.7 Å². The second kappa shape index (κ2) is 14.4. The fourth-order valence-electron chi connectivity index (χ4n) is 9.76. The largest absolute Gasteiger partial charge is 0.455 e. The van der Waals surface area contributed by atoms with Crippen molar-refractivity contribution in [1.82, 2.24) is 0 Å². The van der Waals surface area contributed by atoms with Crippen molar-refractivity contribution in [3.8, 4) is 33.4 Å². The van der Waals surface area contributed by atoms with Crippen molar-refractivity contribution in [3.05, 3.63) is 236 Å². The standard InChI is InChI=1S/C58H40N2O/c1-2-15-39(16-3-1)42-33-36-47(56(38-42)60-54-27-9-6-22-49(54)50-23-7-10-28-55(50)60)41-31-34-44(35-32-41)59(53-29-13-18-40-17-4-5-21-46(40)53)45-20-12-19-43(37-45)48-25-14-26-52-51-24-8-11-30-57(51)61-58(48)52/h1-38,49,54H. The maximum atomic E-state index is 6.52. The Labute approximate surface area is 355 Å². The van der Waals surface area contributed by atoms with Gasteiger partial charge in [0.2, 0.25) is 0 Å². The summed E-state index contributed by atoms with van der Waals surface area (Å²) in [5.74, 6) is 0.292. The number of hydrogen-bond donors (Lipinski definition) is 0. The summed E-state index contributed by atoms with van der Waals surface area (Å²) in [7, 11) is 0. The van der Waals surface area contributed by atoms with Crippen molar-refractivity contribution in [2.75, 3.05) is 9.80 Å². The summed E-state index contributed by atoms with van der Waals surface area (Å²) in [5, 5.41) is 4.64. The molecule has 0 N–H and O–H groups in total. The summed E-state index contributed by atoms with van der Waals surface area (Å²) < 4.78 is 6.52. The number of hydrogen-bond acceptors (Lipinski definition) is 3. The minimum atomic E-state index is 0.186. The molecule has 0 bridgehead atoms. The van der Waals surface area contributed by atoms with Gasteiger partial charge in [-0.1, -0.05) is 182 Å². The molecule has 12 rings (SSSR count). The molecule has 9 aromatic carbocycles. The Hall–Kier alpha value is -7.88. The molecule has 0 fully saturated rings. The molecule has 3 heteroatoms. The van der Waals surface area contributed by atoms with Gasteiger partial charge in [-0.2, -0.15) is 0 Å². The third-order valence-corrected chi connectivity index (χ3v) is 12.6. The van der Waals surface area contributed by atoms with Crippen LogP contribution in [0.2, 0.25) is 0 Å². The molecule has 0 saturated carbocycles. The molecular formula is C58H40N2O. The zero-order valence-electron chi connectivity index (χ0n) is 33.4. The summed E-state index contributed by atoms with van der Waals surface area (Å²) in [6, 6.07) is 74.8. The average molecular weight is 781 g/mol. The van der Waals surface area contributed by atoms with Crippen LogP contribution in [0.1, 0.15) is 11.5 Å². The predicted octanol–water partition coefficient (Wildman–Crippen LogP) is 15.9. The van der Waals surface area contributed by atoms with Gasteiger partial charge in [-0.15, -0.1) is 0 Å². The van der Waals surface area contributed by atoms with Crippen LogP contribution >= 0.6 is 0 Å². The number of rotatable bonds is 7. The maximum absolute atomic E-state index is 6.52. The Balaban J connectivity index is 1.01. The summed E-state index contributed by atoms with van der Waals surface area (Å²) >= 11 is 0. The SMILES string of the molecule is C1=CC2c3ccccc3N(c3cc(-c4ccccc4)ccc3-c3ccc(N(c4cccc(-c5cccc6c5oc5ccccc56)c4)c4cccc5ccccc45)cc3)C2C=C1. The van der Waals surface area contributed by atoms with Gasteiger partial charge < -0.3 is 14.2 Å². The highest BCUT2D eigenvalue weighted by molar-refractivity contribution is 6.10. The summed E-state index contributed by atoms with van der Waals surface area (Å²) in [6.45, 7) is 0. The molecule has 10 aromatic rings. The molecule has 61 heavy (non-hydrogen) atoms. The Kier molecular flexibility index (Phi) is 8.31. The molecule has 1 aromatic heterocycles. The van der Waals surface area contributed by atoms with E-state index in [9.17, 15) is 0 Å². The highest BCUT2D eigenvalue weighted by Gasteiger charge is 2.38. The van der Waals surface area contributed by atoms with Gasteiger partial charge in [-0.05, 0) is 81.7 Å². The van der Waals surface area contributed by atoms with Crippen molar-refractivity contribution in [2.45, 2.75) is 12.0 Å². The van der Waals surface area contributed by atoms with Crippen LogP contribution in [0.25, 0.3) is 66.1 Å². The van der Waals surface area contributed by atoms with E-state index in [2.05, 4.69) is 228 Å². The second-order valence-electron chi connectivity index (χ2n) is 16.0. The van der Waals surface area contributed by atoms with E-state index in [1.807, 2.05) is 12.1 Å². The lowest BCUT2D eigenvalue weighted by molar-refractivity contribution is 0.670. The van der Waals surface area contributed by atoms with Crippen molar-refractivity contribution >= 4 is 61.1 Å². The summed E-state index contributed by atoms with van der Waals surface area (Å²) in [4.78, 5) is 4.96. The first-order chi connectivity index (χ1) is 30.3. The van der Waals surface area contributed by atoms with Crippen LogP contribution in [-0.4, -0.2) is 6.04 Å². The van der Waals surface area contributed by atoms with Crippen molar-refractivity contribution in [3.63, 3.8) is 0 Å². The van der Waals surface area contributed by atoms with Gasteiger partial charge in [0.15, 0.2) is 0 Å². The van der Waals surface area contributed by atoms with E-state index in [0.29, 0.717) is 5.92 Å². The number of benzene rings is 9. The number of furan rings is 1. The molecule has 2 unspecified atom stereocenters. The first kappa shape index (κ1) is 35.1. The van der Waals surface area contributed by atoms with Crippen LogP contribution in [0.15, 0.2) is 235 Å². The summed E-state index contributed by atoms with van der Waals surface area (Å²) in [6.07, 6.45) is 9.10. The first-order valence-corrected chi connectivity index (χ1v) is 21.1. The number of allylic oxidation sites excluding steroid dienone is 2. The van der Waals surface area contributed by atoms with Gasteiger partial charge >= 0.3 is 0 Å². The molecule has 288 valence electrons. The minimum Gasteiger partial charge on any atom is -0.455 e. The fourth-order valence-corrected chi connectivity index (χ4v) is 9.76. The molecule has 2 heterocycles. The quantitative estimate of drug-likeness (QED) is 0.161. The summed E-state index contributed by atoms with van der Waals surface area (Å²) in [5.41, 5.74) is 15.8. The van der Waals surface area contributed by atoms with Gasteiger partial charge in [0.05, 0.1) is 17.4 Å². The minimum absolute atomic E-state index is 0.186. The van der Waals surface area contributed by atoms with Gasteiger partial charge in [-0.25, -0.2) is 0 Å². The van der Waals surface area contributed by atoms with E-state index in [1.165, 1.54) is 44.4 Å². The van der Waals surface area contributed by atoms with E-state index in [1.54, 1.807) is 0 Å². The highest BCUT2D eigenvalue weighted by Crippen LogP contribution is 2.51. The van der Waals surface area contributed by atoms with Gasteiger partial charge in [0, 0.05) is 50.3 Å². The number of anilines is 5. The van der Waals surface area contributed by atoms with Gasteiger partial charge in [0.1, 0.15) is 11.2 Å². The van der Waals surface area contributed by atoms with Crippen LogP contribution in [0.5, 0.6) is 0 Å². The molecular weight excluding hydrogens is 741 g/mol. The van der Waals surface area contributed by atoms with E-state index < -0.39 is 0 Å². The number of fused-ring (bicyclic) bond motifs is 7. The fraction of sp³-hybridized carbons (Fsp3) is 0.0345. The molecule has 1 aliphatic heterocycles. The number of para-hydroxylation sites is 3. The van der Waals surface area contributed by atoms with Crippen molar-refractivity contribution in [1.29, 1.82) is 0 Å². The molecule has 3 nitrogen and oxygen atoms in total. The van der Waals surface area contributed by atoms with Crippen molar-refractivity contribution in [2.24, 2.45) is 0 Å². The first-order valence-electron chi connectivity index (χ1n) is 21.1. The highest BCUT2D eigenvalue weighted by atomic mass is 16.3. The zero-order chi connectivity index (χ0) is 40.3. The van der Waals surface area contributed by atoms with E-state index in [-0.39, 0.29) is 6.04 Å². The lowest BCUT2D eigenvalue weighted by Crippen LogP contribution is -2.29. The van der Waals surface area contributed by atoms with Crippen LogP contribution in [-0.2, 0) is 0 Å². The third-order valence-electron chi connectivity index (χ3n) is 12.6. The molecule has 1 aliphatic carbocycles. The van der Waals surface area contributed by atoms with Crippen LogP contribution in [0.4, 0.5) is 28.4 Å². The maximum Gasteiger partial charge on any atom is 0.143 e. The van der Waals surface area contributed by atoms with Gasteiger partial charge in [-0.3, -0.25) is 0 Å². The third kappa shape index (κ3) is 5.89. The molecule has 2 atom stereocenters. The molecule has 0 amide bonds. The lowest BCUT2D eigenvalue weighted by atomic mass is 9.91. The molecule has 0 saturated heterocycles. The molecule has 2 aliphatic rings. The Morgan fingerprint density at radius 1 is 0.426 bits per heavy atom. The second-order valence-corrected chi connectivity index (χ2v) is 16.0. The predicted molar refractivity (Wildman–Crippen MR) is 256 cm³/mol. The van der Waals surface area contributed by atoms with Crippen LogP contribution in [0.3, 0.4) is 0 Å². The van der Waals surface area contributed by atoms with Gasteiger partial charge in [0.25, 0.3) is 0 Å². The normalized spacial score (nSPS) is 15.4. The Morgan fingerprint density at radius 2 is 1.13 bits per heavy atom. The molecule has 0 spiro atoms. The van der Waals surface area contributed by atoms with Crippen LogP contribution < -0.4 is 9.80 Å². The van der Waals surface area contributed by atoms with Crippen LogP contribution in [0, 0.1) is 0 Å². The molecule has 0 radical (unpaired) electrons. The lowest BCUT2D eigenvalue weighted by Gasteiger charge is -2.31. The number of nitrogens with zero attached hydrogens (tertiary/aromatic N) is 2. The van der Waals surface area contributed by atoms with E-state index >= 15 is 0 Å². The van der Waals surface area contributed by atoms with E-state index in [4.69, 9.17) is 4.42 Å². The topological polar surface area (TPSA) is 19.6 Å². The monoisotopic (exact) mass is 780 g/mol.